The van der Waals surface area contributed by atoms with E-state index in [1.807, 2.05) is 0 Å². The van der Waals surface area contributed by atoms with Gasteiger partial charge in [-0.2, -0.15) is 11.8 Å². The average Bonchev–Trinajstić information content (AvgIpc) is 2.51. The Labute approximate surface area is 85.8 Å². The maximum atomic E-state index is 5.71. The molecule has 2 aliphatic rings. The van der Waals surface area contributed by atoms with Gasteiger partial charge in [0, 0.05) is 0 Å². The molecule has 2 N–H and O–H groups in total. The Morgan fingerprint density at radius 3 is 2.54 bits per heavy atom. The summed E-state index contributed by atoms with van der Waals surface area (Å²) in [5, 5.41) is 0. The first-order valence-corrected chi connectivity index (χ1v) is 6.85. The zero-order valence-corrected chi connectivity index (χ0v) is 9.19. The third-order valence-corrected chi connectivity index (χ3v) is 5.01. The van der Waals surface area contributed by atoms with Crippen LogP contribution in [0.4, 0.5) is 0 Å². The summed E-state index contributed by atoms with van der Waals surface area (Å²) >= 11 is 2.15. The molecule has 1 nitrogen and oxygen atoms in total. The lowest BCUT2D eigenvalue weighted by atomic mass is 9.69. The molecular weight excluding hydrogens is 178 g/mol. The van der Waals surface area contributed by atoms with Gasteiger partial charge in [-0.25, -0.2) is 0 Å². The topological polar surface area (TPSA) is 26.0 Å². The summed E-state index contributed by atoms with van der Waals surface area (Å²) in [4.78, 5) is 0. The fourth-order valence-electron chi connectivity index (χ4n) is 2.81. The molecule has 1 heterocycles. The molecule has 0 radical (unpaired) electrons. The van der Waals surface area contributed by atoms with Gasteiger partial charge < -0.3 is 5.73 Å². The van der Waals surface area contributed by atoms with Crippen LogP contribution in [0.15, 0.2) is 0 Å². The van der Waals surface area contributed by atoms with Crippen molar-refractivity contribution in [3.05, 3.63) is 0 Å². The Morgan fingerprint density at radius 1 is 1.23 bits per heavy atom. The minimum Gasteiger partial charge on any atom is -0.330 e. The van der Waals surface area contributed by atoms with E-state index in [0.29, 0.717) is 0 Å². The second kappa shape index (κ2) is 4.70. The van der Waals surface area contributed by atoms with E-state index >= 15 is 0 Å². The minimum absolute atomic E-state index is 0.905. The maximum absolute atomic E-state index is 5.71. The molecule has 1 saturated heterocycles. The van der Waals surface area contributed by atoms with E-state index in [2.05, 4.69) is 11.8 Å². The van der Waals surface area contributed by atoms with Crippen LogP contribution in [0.25, 0.3) is 0 Å². The fourth-order valence-corrected chi connectivity index (χ4v) is 4.16. The molecule has 0 bridgehead atoms. The molecule has 0 aromatic carbocycles. The minimum atomic E-state index is 0.905. The van der Waals surface area contributed by atoms with Crippen molar-refractivity contribution in [1.29, 1.82) is 0 Å². The average molecular weight is 199 g/mol. The van der Waals surface area contributed by atoms with Crippen LogP contribution in [0, 0.1) is 17.8 Å². The summed E-state index contributed by atoms with van der Waals surface area (Å²) in [5.74, 6) is 5.86. The number of thioether (sulfide) groups is 1. The monoisotopic (exact) mass is 199 g/mol. The van der Waals surface area contributed by atoms with Crippen molar-refractivity contribution in [2.45, 2.75) is 32.1 Å². The first-order chi connectivity index (χ1) is 6.42. The Morgan fingerprint density at radius 2 is 2.08 bits per heavy atom. The standard InChI is InChI=1S/C11H21NS/c12-6-4-11(9-2-1-3-9)10-5-7-13-8-10/h9-11H,1-8,12H2. The van der Waals surface area contributed by atoms with Crippen LogP contribution in [0.2, 0.25) is 0 Å². The lowest BCUT2D eigenvalue weighted by Gasteiger charge is -2.37. The van der Waals surface area contributed by atoms with E-state index in [-0.39, 0.29) is 0 Å². The number of nitrogens with two attached hydrogens (primary N) is 1. The van der Waals surface area contributed by atoms with Gasteiger partial charge in [-0.15, -0.1) is 0 Å². The lowest BCUT2D eigenvalue weighted by Crippen LogP contribution is -2.30. The van der Waals surface area contributed by atoms with Crippen LogP contribution in [-0.2, 0) is 0 Å². The molecule has 2 fully saturated rings. The third-order valence-electron chi connectivity index (χ3n) is 3.83. The summed E-state index contributed by atoms with van der Waals surface area (Å²) in [5.41, 5.74) is 5.71. The van der Waals surface area contributed by atoms with Gasteiger partial charge >= 0.3 is 0 Å². The molecule has 1 saturated carbocycles. The van der Waals surface area contributed by atoms with Gasteiger partial charge in [0.25, 0.3) is 0 Å². The van der Waals surface area contributed by atoms with Gasteiger partial charge in [0.2, 0.25) is 0 Å². The predicted molar refractivity (Wildman–Crippen MR) is 59.9 cm³/mol. The van der Waals surface area contributed by atoms with E-state index in [1.54, 1.807) is 0 Å². The van der Waals surface area contributed by atoms with Crippen molar-refractivity contribution in [2.24, 2.45) is 23.5 Å². The second-order valence-corrected chi connectivity index (χ2v) is 5.71. The molecule has 0 spiro atoms. The molecule has 1 aliphatic heterocycles. The Bertz CT molecular complexity index is 150. The third kappa shape index (κ3) is 2.21. The first kappa shape index (κ1) is 9.85. The Balaban J connectivity index is 1.86. The van der Waals surface area contributed by atoms with Gasteiger partial charge in [-0.3, -0.25) is 0 Å². The van der Waals surface area contributed by atoms with Gasteiger partial charge in [0.1, 0.15) is 0 Å². The summed E-state index contributed by atoms with van der Waals surface area (Å²) in [6.07, 6.45) is 7.21. The molecule has 0 aromatic heterocycles. The zero-order chi connectivity index (χ0) is 9.10. The molecule has 2 unspecified atom stereocenters. The van der Waals surface area contributed by atoms with E-state index in [0.717, 1.165) is 24.3 Å². The molecule has 2 atom stereocenters. The summed E-state index contributed by atoms with van der Waals surface area (Å²) in [6, 6.07) is 0. The summed E-state index contributed by atoms with van der Waals surface area (Å²) in [7, 11) is 0. The SMILES string of the molecule is NCCC(C1CCC1)C1CCSC1. The van der Waals surface area contributed by atoms with Gasteiger partial charge in [0.15, 0.2) is 0 Å². The Kier molecular flexibility index (Phi) is 3.56. The number of rotatable bonds is 4. The molecule has 0 aromatic rings. The molecular formula is C11H21NS. The van der Waals surface area contributed by atoms with Crippen molar-refractivity contribution in [3.63, 3.8) is 0 Å². The van der Waals surface area contributed by atoms with Crippen molar-refractivity contribution in [1.82, 2.24) is 0 Å². The van der Waals surface area contributed by atoms with Gasteiger partial charge in [-0.05, 0) is 48.6 Å². The summed E-state index contributed by atoms with van der Waals surface area (Å²) < 4.78 is 0. The highest BCUT2D eigenvalue weighted by Gasteiger charge is 2.33. The molecule has 1 aliphatic carbocycles. The van der Waals surface area contributed by atoms with Crippen LogP contribution in [-0.4, -0.2) is 18.1 Å². The lowest BCUT2D eigenvalue weighted by molar-refractivity contribution is 0.147. The molecule has 2 rings (SSSR count). The van der Waals surface area contributed by atoms with E-state index < -0.39 is 0 Å². The van der Waals surface area contributed by atoms with E-state index in [9.17, 15) is 0 Å². The zero-order valence-electron chi connectivity index (χ0n) is 8.37. The normalized spacial score (nSPS) is 31.6. The van der Waals surface area contributed by atoms with Crippen LogP contribution in [0.1, 0.15) is 32.1 Å². The number of hydrogen-bond donors (Lipinski definition) is 1. The van der Waals surface area contributed by atoms with E-state index in [1.165, 1.54) is 43.6 Å². The van der Waals surface area contributed by atoms with Crippen LogP contribution in [0.5, 0.6) is 0 Å². The van der Waals surface area contributed by atoms with Crippen molar-refractivity contribution < 1.29 is 0 Å². The quantitative estimate of drug-likeness (QED) is 0.753. The van der Waals surface area contributed by atoms with Crippen molar-refractivity contribution in [3.8, 4) is 0 Å². The van der Waals surface area contributed by atoms with Crippen LogP contribution >= 0.6 is 11.8 Å². The largest absolute Gasteiger partial charge is 0.330 e. The molecule has 2 heteroatoms. The predicted octanol–water partition coefficient (Wildman–Crippen LogP) is 2.50. The molecule has 0 amide bonds. The first-order valence-electron chi connectivity index (χ1n) is 5.69. The maximum Gasteiger partial charge on any atom is -0.00361 e. The Hall–Kier alpha value is 0.310. The van der Waals surface area contributed by atoms with E-state index in [4.69, 9.17) is 5.73 Å². The highest BCUT2D eigenvalue weighted by Crippen LogP contribution is 2.43. The number of hydrogen-bond acceptors (Lipinski definition) is 2. The summed E-state index contributed by atoms with van der Waals surface area (Å²) in [6.45, 7) is 0.905. The van der Waals surface area contributed by atoms with Crippen LogP contribution < -0.4 is 5.73 Å². The smallest absolute Gasteiger partial charge is 0.00361 e. The fraction of sp³-hybridized carbons (Fsp3) is 1.00. The molecule has 76 valence electrons. The second-order valence-electron chi connectivity index (χ2n) is 4.56. The van der Waals surface area contributed by atoms with Crippen LogP contribution in [0.3, 0.4) is 0 Å². The highest BCUT2D eigenvalue weighted by molar-refractivity contribution is 7.99. The van der Waals surface area contributed by atoms with Crippen molar-refractivity contribution in [2.75, 3.05) is 18.1 Å². The van der Waals surface area contributed by atoms with Gasteiger partial charge in [0.05, 0.1) is 0 Å². The van der Waals surface area contributed by atoms with Crippen molar-refractivity contribution >= 4 is 11.8 Å². The highest BCUT2D eigenvalue weighted by atomic mass is 32.2. The molecule has 13 heavy (non-hydrogen) atoms. The van der Waals surface area contributed by atoms with Gasteiger partial charge in [-0.1, -0.05) is 19.3 Å².